The Bertz CT molecular complexity index is 808. The van der Waals surface area contributed by atoms with Crippen LogP contribution in [0.25, 0.3) is 10.7 Å². The maximum absolute atomic E-state index is 12.8. The van der Waals surface area contributed by atoms with Crippen LogP contribution in [0.4, 0.5) is 4.39 Å². The molecule has 2 aromatic heterocycles. The zero-order valence-corrected chi connectivity index (χ0v) is 13.3. The highest BCUT2D eigenvalue weighted by molar-refractivity contribution is 7.13. The molecule has 0 saturated heterocycles. The van der Waals surface area contributed by atoms with Gasteiger partial charge >= 0.3 is 0 Å². The first-order valence-electron chi connectivity index (χ1n) is 7.11. The van der Waals surface area contributed by atoms with E-state index in [1.807, 2.05) is 0 Å². The van der Waals surface area contributed by atoms with E-state index in [0.717, 1.165) is 0 Å². The summed E-state index contributed by atoms with van der Waals surface area (Å²) in [6.07, 6.45) is 4.74. The molecule has 0 spiro atoms. The molecule has 122 valence electrons. The van der Waals surface area contributed by atoms with Crippen LogP contribution < -0.4 is 10.1 Å². The van der Waals surface area contributed by atoms with Crippen molar-refractivity contribution < 1.29 is 13.9 Å². The molecule has 0 fully saturated rings. The van der Waals surface area contributed by atoms with E-state index in [9.17, 15) is 9.18 Å². The second kappa shape index (κ2) is 7.60. The number of nitrogens with zero attached hydrogens (tertiary/aromatic N) is 3. The number of aromatic nitrogens is 3. The van der Waals surface area contributed by atoms with Crippen molar-refractivity contribution in [2.75, 3.05) is 13.2 Å². The minimum Gasteiger partial charge on any atom is -0.492 e. The summed E-state index contributed by atoms with van der Waals surface area (Å²) in [7, 11) is 0. The molecule has 3 aromatic rings. The molecule has 0 saturated carbocycles. The van der Waals surface area contributed by atoms with Gasteiger partial charge in [0.25, 0.3) is 5.91 Å². The van der Waals surface area contributed by atoms with Crippen LogP contribution in [0.15, 0.2) is 48.2 Å². The van der Waals surface area contributed by atoms with E-state index in [0.29, 0.717) is 28.7 Å². The van der Waals surface area contributed by atoms with Crippen molar-refractivity contribution in [1.82, 2.24) is 20.3 Å². The van der Waals surface area contributed by atoms with Gasteiger partial charge in [-0.05, 0) is 24.3 Å². The number of ether oxygens (including phenoxy) is 1. The van der Waals surface area contributed by atoms with Crippen molar-refractivity contribution >= 4 is 17.2 Å². The fraction of sp³-hybridized carbons (Fsp3) is 0.125. The summed E-state index contributed by atoms with van der Waals surface area (Å²) in [6, 6.07) is 5.70. The number of rotatable bonds is 6. The van der Waals surface area contributed by atoms with E-state index in [1.165, 1.54) is 35.6 Å². The zero-order chi connectivity index (χ0) is 16.8. The smallest absolute Gasteiger partial charge is 0.270 e. The number of nitrogens with one attached hydrogen (secondary N) is 1. The van der Waals surface area contributed by atoms with Gasteiger partial charge < -0.3 is 10.1 Å². The van der Waals surface area contributed by atoms with E-state index in [2.05, 4.69) is 20.3 Å². The number of halogens is 1. The molecule has 0 unspecified atom stereocenters. The van der Waals surface area contributed by atoms with Crippen molar-refractivity contribution in [1.29, 1.82) is 0 Å². The number of hydrogen-bond acceptors (Lipinski definition) is 6. The van der Waals surface area contributed by atoms with E-state index < -0.39 is 0 Å². The third-order valence-corrected chi connectivity index (χ3v) is 3.85. The van der Waals surface area contributed by atoms with Gasteiger partial charge in [0.15, 0.2) is 0 Å². The van der Waals surface area contributed by atoms with Crippen LogP contribution in [-0.2, 0) is 0 Å². The average molecular weight is 344 g/mol. The molecule has 0 bridgehead atoms. The highest BCUT2D eigenvalue weighted by Gasteiger charge is 2.12. The standard InChI is InChI=1S/C16H13FN4O2S/c17-11-1-3-12(4-2-11)23-8-7-20-15(22)14-10-24-16(21-14)13-9-18-5-6-19-13/h1-6,9-10H,7-8H2,(H,20,22). The number of thiazole rings is 1. The number of amides is 1. The molecule has 2 heterocycles. The van der Waals surface area contributed by atoms with Crippen molar-refractivity contribution in [3.8, 4) is 16.5 Å². The van der Waals surface area contributed by atoms with Gasteiger partial charge in [0.1, 0.15) is 34.6 Å². The lowest BCUT2D eigenvalue weighted by Gasteiger charge is -2.06. The van der Waals surface area contributed by atoms with Gasteiger partial charge in [0.2, 0.25) is 0 Å². The first-order chi connectivity index (χ1) is 11.7. The molecule has 0 radical (unpaired) electrons. The topological polar surface area (TPSA) is 77.0 Å². The third kappa shape index (κ3) is 4.11. The molecule has 0 aliphatic rings. The SMILES string of the molecule is O=C(NCCOc1ccc(F)cc1)c1csc(-c2cnccn2)n1. The second-order valence-electron chi connectivity index (χ2n) is 4.69. The van der Waals surface area contributed by atoms with Crippen LogP contribution in [0.2, 0.25) is 0 Å². The molecule has 8 heteroatoms. The van der Waals surface area contributed by atoms with Crippen molar-refractivity contribution in [3.05, 3.63) is 59.7 Å². The number of carbonyl (C=O) groups is 1. The van der Waals surface area contributed by atoms with Crippen LogP contribution in [0.1, 0.15) is 10.5 Å². The lowest BCUT2D eigenvalue weighted by Crippen LogP contribution is -2.28. The van der Waals surface area contributed by atoms with E-state index >= 15 is 0 Å². The van der Waals surface area contributed by atoms with Gasteiger partial charge in [0.05, 0.1) is 12.7 Å². The Morgan fingerprint density at radius 1 is 1.25 bits per heavy atom. The quantitative estimate of drug-likeness (QED) is 0.696. The Morgan fingerprint density at radius 3 is 2.83 bits per heavy atom. The predicted octanol–water partition coefficient (Wildman–Crippen LogP) is 2.55. The number of benzene rings is 1. The van der Waals surface area contributed by atoms with Gasteiger partial charge in [0, 0.05) is 17.8 Å². The fourth-order valence-corrected chi connectivity index (χ4v) is 2.62. The third-order valence-electron chi connectivity index (χ3n) is 2.99. The Morgan fingerprint density at radius 2 is 2.08 bits per heavy atom. The minimum absolute atomic E-state index is 0.276. The van der Waals surface area contributed by atoms with Crippen LogP contribution in [-0.4, -0.2) is 34.0 Å². The van der Waals surface area contributed by atoms with E-state index in [4.69, 9.17) is 4.74 Å². The van der Waals surface area contributed by atoms with Gasteiger partial charge in [-0.15, -0.1) is 11.3 Å². The normalized spacial score (nSPS) is 10.4. The summed E-state index contributed by atoms with van der Waals surface area (Å²) in [5.74, 6) is -0.0635. The molecule has 0 aliphatic carbocycles. The molecule has 1 aromatic carbocycles. The second-order valence-corrected chi connectivity index (χ2v) is 5.54. The molecule has 3 rings (SSSR count). The van der Waals surface area contributed by atoms with E-state index in [-0.39, 0.29) is 18.3 Å². The highest BCUT2D eigenvalue weighted by atomic mass is 32.1. The Kier molecular flexibility index (Phi) is 5.07. The van der Waals surface area contributed by atoms with Gasteiger partial charge in [-0.1, -0.05) is 0 Å². The molecule has 1 amide bonds. The molecule has 0 atom stereocenters. The monoisotopic (exact) mass is 344 g/mol. The Hall–Kier alpha value is -2.87. The van der Waals surface area contributed by atoms with Gasteiger partial charge in [-0.3, -0.25) is 14.8 Å². The molecule has 0 aliphatic heterocycles. The summed E-state index contributed by atoms with van der Waals surface area (Å²) in [5, 5.41) is 5.02. The summed E-state index contributed by atoms with van der Waals surface area (Å²) in [6.45, 7) is 0.590. The predicted molar refractivity (Wildman–Crippen MR) is 87.4 cm³/mol. The zero-order valence-electron chi connectivity index (χ0n) is 12.5. The lowest BCUT2D eigenvalue weighted by molar-refractivity contribution is 0.0943. The summed E-state index contributed by atoms with van der Waals surface area (Å²) in [5.41, 5.74) is 0.948. The van der Waals surface area contributed by atoms with E-state index in [1.54, 1.807) is 24.0 Å². The van der Waals surface area contributed by atoms with Crippen LogP contribution in [0, 0.1) is 5.82 Å². The lowest BCUT2D eigenvalue weighted by atomic mass is 10.3. The number of hydrogen-bond donors (Lipinski definition) is 1. The first-order valence-corrected chi connectivity index (χ1v) is 7.99. The van der Waals surface area contributed by atoms with Crippen LogP contribution in [0.5, 0.6) is 5.75 Å². The molecule has 24 heavy (non-hydrogen) atoms. The van der Waals surface area contributed by atoms with Crippen LogP contribution in [0.3, 0.4) is 0 Å². The average Bonchev–Trinajstić information content (AvgIpc) is 3.11. The maximum Gasteiger partial charge on any atom is 0.270 e. The largest absolute Gasteiger partial charge is 0.492 e. The summed E-state index contributed by atoms with van der Waals surface area (Å²) < 4.78 is 18.2. The first kappa shape index (κ1) is 16.0. The Labute approximate surface area is 141 Å². The van der Waals surface area contributed by atoms with Crippen LogP contribution >= 0.6 is 11.3 Å². The molecular weight excluding hydrogens is 331 g/mol. The van der Waals surface area contributed by atoms with Gasteiger partial charge in [-0.25, -0.2) is 9.37 Å². The Balaban J connectivity index is 1.49. The number of carbonyl (C=O) groups excluding carboxylic acids is 1. The molecule has 1 N–H and O–H groups in total. The summed E-state index contributed by atoms with van der Waals surface area (Å²) in [4.78, 5) is 24.4. The minimum atomic E-state index is -0.321. The summed E-state index contributed by atoms with van der Waals surface area (Å²) >= 11 is 1.33. The van der Waals surface area contributed by atoms with Crippen molar-refractivity contribution in [3.63, 3.8) is 0 Å². The fourth-order valence-electron chi connectivity index (χ4n) is 1.86. The van der Waals surface area contributed by atoms with Gasteiger partial charge in [-0.2, -0.15) is 0 Å². The van der Waals surface area contributed by atoms with Crippen molar-refractivity contribution in [2.24, 2.45) is 0 Å². The maximum atomic E-state index is 12.8. The highest BCUT2D eigenvalue weighted by Crippen LogP contribution is 2.20. The van der Waals surface area contributed by atoms with Crippen molar-refractivity contribution in [2.45, 2.75) is 0 Å². The molecule has 6 nitrogen and oxygen atoms in total. The molecular formula is C16H13FN4O2S.